The van der Waals surface area contributed by atoms with Gasteiger partial charge in [0.15, 0.2) is 5.75 Å². The Morgan fingerprint density at radius 1 is 0.611 bits per heavy atom. The molecule has 0 aliphatic heterocycles. The van der Waals surface area contributed by atoms with E-state index in [0.717, 1.165) is 0 Å². The smallest absolute Gasteiger partial charge is 0.152 e. The van der Waals surface area contributed by atoms with Gasteiger partial charge in [-0.15, -0.1) is 32.1 Å². The number of methoxy groups -OCH3 is 1. The highest BCUT2D eigenvalue weighted by molar-refractivity contribution is 5.75. The molecule has 18 heavy (non-hydrogen) atoms. The van der Waals surface area contributed by atoms with Crippen LogP contribution in [0.15, 0.2) is 0 Å². The molecule has 1 aromatic rings. The average Bonchev–Trinajstić information content (AvgIpc) is 2.43. The van der Waals surface area contributed by atoms with Gasteiger partial charge in [0.2, 0.25) is 0 Å². The summed E-state index contributed by atoms with van der Waals surface area (Å²) in [5.74, 6) is 12.5. The van der Waals surface area contributed by atoms with E-state index in [0.29, 0.717) is 33.6 Å². The fourth-order valence-corrected chi connectivity index (χ4v) is 1.64. The predicted molar refractivity (Wildman–Crippen MR) is 72.7 cm³/mol. The molecular formula is C17H8O. The van der Waals surface area contributed by atoms with E-state index in [4.69, 9.17) is 36.9 Å². The van der Waals surface area contributed by atoms with Gasteiger partial charge in [0, 0.05) is 0 Å². The van der Waals surface area contributed by atoms with E-state index in [1.807, 2.05) is 0 Å². The first kappa shape index (κ1) is 12.9. The summed E-state index contributed by atoms with van der Waals surface area (Å²) in [5, 5.41) is 0. The van der Waals surface area contributed by atoms with Crippen LogP contribution in [0.4, 0.5) is 0 Å². The Hall–Kier alpha value is -3.18. The van der Waals surface area contributed by atoms with Crippen molar-refractivity contribution in [3.63, 3.8) is 0 Å². The third-order valence-electron chi connectivity index (χ3n) is 2.38. The van der Waals surface area contributed by atoms with Crippen LogP contribution in [-0.4, -0.2) is 7.11 Å². The molecule has 82 valence electrons. The number of rotatable bonds is 1. The van der Waals surface area contributed by atoms with Crippen molar-refractivity contribution in [1.29, 1.82) is 0 Å². The molecule has 1 rings (SSSR count). The molecule has 1 aromatic carbocycles. The van der Waals surface area contributed by atoms with Gasteiger partial charge in [0.05, 0.1) is 34.9 Å². The molecule has 0 N–H and O–H groups in total. The van der Waals surface area contributed by atoms with Crippen LogP contribution in [0.1, 0.15) is 27.8 Å². The Bertz CT molecular complexity index is 661. The molecular weight excluding hydrogens is 220 g/mol. The minimum atomic E-state index is 0.305. The summed E-state index contributed by atoms with van der Waals surface area (Å²) >= 11 is 0. The normalized spacial score (nSPS) is 8.00. The van der Waals surface area contributed by atoms with E-state index in [2.05, 4.69) is 29.6 Å². The molecule has 0 aliphatic rings. The molecule has 0 atom stereocenters. The van der Waals surface area contributed by atoms with Gasteiger partial charge in [-0.2, -0.15) is 0 Å². The molecule has 0 spiro atoms. The summed E-state index contributed by atoms with van der Waals surface area (Å²) in [6.07, 6.45) is 27.1. The minimum Gasteiger partial charge on any atom is -0.494 e. The van der Waals surface area contributed by atoms with Crippen molar-refractivity contribution in [2.45, 2.75) is 0 Å². The van der Waals surface area contributed by atoms with E-state index in [1.165, 1.54) is 7.11 Å². The molecule has 0 radical (unpaired) electrons. The van der Waals surface area contributed by atoms with Crippen LogP contribution in [0.25, 0.3) is 0 Å². The zero-order chi connectivity index (χ0) is 13.7. The van der Waals surface area contributed by atoms with Crippen LogP contribution in [-0.2, 0) is 0 Å². The van der Waals surface area contributed by atoms with Gasteiger partial charge in [-0.1, -0.05) is 29.6 Å². The topological polar surface area (TPSA) is 9.23 Å². The van der Waals surface area contributed by atoms with Crippen LogP contribution < -0.4 is 4.74 Å². The van der Waals surface area contributed by atoms with Gasteiger partial charge in [0.25, 0.3) is 0 Å². The van der Waals surface area contributed by atoms with Gasteiger partial charge >= 0.3 is 0 Å². The summed E-state index contributed by atoms with van der Waals surface area (Å²) in [7, 11) is 1.44. The number of ether oxygens (including phenoxy) is 1. The van der Waals surface area contributed by atoms with Crippen LogP contribution in [0.3, 0.4) is 0 Å². The van der Waals surface area contributed by atoms with Gasteiger partial charge in [-0.05, 0) is 0 Å². The van der Waals surface area contributed by atoms with Gasteiger partial charge in [-0.3, -0.25) is 0 Å². The molecule has 0 fully saturated rings. The van der Waals surface area contributed by atoms with Crippen molar-refractivity contribution >= 4 is 0 Å². The average molecular weight is 228 g/mol. The Balaban J connectivity index is 4.12. The van der Waals surface area contributed by atoms with Crippen molar-refractivity contribution in [3.05, 3.63) is 27.8 Å². The lowest BCUT2D eigenvalue weighted by Crippen LogP contribution is -2.03. The third kappa shape index (κ3) is 1.66. The zero-order valence-corrected chi connectivity index (χ0v) is 9.79. The molecule has 0 aliphatic carbocycles. The standard InChI is InChI=1S/C17H8O/c1-7-12-13(8-2)15(10-4)17(18-6)16(11-5)14(12)9-3/h1-5H,6H3. The van der Waals surface area contributed by atoms with Gasteiger partial charge in [-0.25, -0.2) is 0 Å². The fraction of sp³-hybridized carbons (Fsp3) is 0.0588. The van der Waals surface area contributed by atoms with Crippen LogP contribution in [0.2, 0.25) is 0 Å². The molecule has 0 bridgehead atoms. The van der Waals surface area contributed by atoms with Crippen molar-refractivity contribution in [1.82, 2.24) is 0 Å². The monoisotopic (exact) mass is 228 g/mol. The van der Waals surface area contributed by atoms with E-state index in [-0.39, 0.29) is 0 Å². The summed E-state index contributed by atoms with van der Waals surface area (Å²) in [6, 6.07) is 0. The molecule has 0 unspecified atom stereocenters. The van der Waals surface area contributed by atoms with Crippen molar-refractivity contribution in [3.8, 4) is 67.5 Å². The molecule has 0 heterocycles. The Kier molecular flexibility index (Phi) is 3.75. The maximum Gasteiger partial charge on any atom is 0.152 e. The quantitative estimate of drug-likeness (QED) is 0.663. The van der Waals surface area contributed by atoms with Crippen molar-refractivity contribution < 1.29 is 4.74 Å². The summed E-state index contributed by atoms with van der Waals surface area (Å²) in [5.41, 5.74) is 1.74. The molecule has 0 aromatic heterocycles. The minimum absolute atomic E-state index is 0.305. The maximum absolute atomic E-state index is 5.43. The molecule has 0 saturated carbocycles. The number of hydrogen-bond acceptors (Lipinski definition) is 1. The van der Waals surface area contributed by atoms with Crippen LogP contribution in [0.5, 0.6) is 5.75 Å². The molecule has 1 nitrogen and oxygen atoms in total. The zero-order valence-electron chi connectivity index (χ0n) is 9.79. The molecule has 1 heteroatoms. The van der Waals surface area contributed by atoms with Crippen molar-refractivity contribution in [2.75, 3.05) is 7.11 Å². The Morgan fingerprint density at radius 3 is 1.11 bits per heavy atom. The summed E-state index contributed by atoms with van der Waals surface area (Å²) in [6.45, 7) is 0. The third-order valence-corrected chi connectivity index (χ3v) is 2.38. The molecule has 0 saturated heterocycles. The Morgan fingerprint density at radius 2 is 0.889 bits per heavy atom. The maximum atomic E-state index is 5.43. The Labute approximate surface area is 108 Å². The highest BCUT2D eigenvalue weighted by Gasteiger charge is 2.20. The summed E-state index contributed by atoms with van der Waals surface area (Å²) < 4.78 is 5.20. The van der Waals surface area contributed by atoms with Crippen LogP contribution >= 0.6 is 0 Å². The predicted octanol–water partition coefficient (Wildman–Crippen LogP) is 1.60. The van der Waals surface area contributed by atoms with Gasteiger partial charge in [0.1, 0.15) is 0 Å². The largest absolute Gasteiger partial charge is 0.494 e. The van der Waals surface area contributed by atoms with E-state index in [1.54, 1.807) is 0 Å². The second kappa shape index (κ2) is 5.24. The highest BCUT2D eigenvalue weighted by Crippen LogP contribution is 2.32. The lowest BCUT2D eigenvalue weighted by atomic mass is 9.91. The van der Waals surface area contributed by atoms with Crippen molar-refractivity contribution in [2.24, 2.45) is 0 Å². The number of terminal acetylenes is 5. The first-order chi connectivity index (χ1) is 8.69. The van der Waals surface area contributed by atoms with E-state index >= 15 is 0 Å². The van der Waals surface area contributed by atoms with E-state index < -0.39 is 0 Å². The first-order valence-electron chi connectivity index (χ1n) is 4.81. The highest BCUT2D eigenvalue weighted by atomic mass is 16.5. The first-order valence-corrected chi connectivity index (χ1v) is 4.81. The van der Waals surface area contributed by atoms with Gasteiger partial charge < -0.3 is 4.74 Å². The lowest BCUT2D eigenvalue weighted by molar-refractivity contribution is 0.412. The lowest BCUT2D eigenvalue weighted by Gasteiger charge is -2.13. The SMILES string of the molecule is C#Cc1c(C#C)c(C#C)c(OC)c(C#C)c1C#C. The second-order valence-electron chi connectivity index (χ2n) is 3.13. The second-order valence-corrected chi connectivity index (χ2v) is 3.13. The number of hydrogen-bond donors (Lipinski definition) is 0. The summed E-state index contributed by atoms with van der Waals surface area (Å²) in [4.78, 5) is 0. The number of benzene rings is 1. The fourth-order valence-electron chi connectivity index (χ4n) is 1.64. The van der Waals surface area contributed by atoms with E-state index in [9.17, 15) is 0 Å². The van der Waals surface area contributed by atoms with Crippen LogP contribution in [0, 0.1) is 61.7 Å². The molecule has 0 amide bonds.